The third-order valence-corrected chi connectivity index (χ3v) is 2.48. The molecule has 0 bridgehead atoms. The van der Waals surface area contributed by atoms with Crippen LogP contribution in [0.15, 0.2) is 48.8 Å². The number of anilines is 1. The second kappa shape index (κ2) is 3.34. The number of pyridine rings is 1. The summed E-state index contributed by atoms with van der Waals surface area (Å²) in [4.78, 5) is 4.30. The van der Waals surface area contributed by atoms with Crippen LogP contribution in [0.4, 0.5) is 5.82 Å². The van der Waals surface area contributed by atoms with E-state index in [0.29, 0.717) is 5.82 Å². The minimum absolute atomic E-state index is 0.515. The van der Waals surface area contributed by atoms with E-state index in [1.54, 1.807) is 16.9 Å². The number of aromatic nitrogens is 3. The Kier molecular flexibility index (Phi) is 1.86. The van der Waals surface area contributed by atoms with Crippen LogP contribution >= 0.6 is 0 Å². The molecule has 0 radical (unpaired) electrons. The molecule has 3 aromatic rings. The van der Waals surface area contributed by atoms with Crippen LogP contribution in [0.1, 0.15) is 0 Å². The zero-order valence-electron chi connectivity index (χ0n) is 8.54. The van der Waals surface area contributed by atoms with Crippen molar-refractivity contribution in [1.29, 1.82) is 0 Å². The van der Waals surface area contributed by atoms with Gasteiger partial charge in [-0.05, 0) is 24.3 Å². The van der Waals surface area contributed by atoms with Crippen molar-refractivity contribution in [2.24, 2.45) is 0 Å². The van der Waals surface area contributed by atoms with Crippen LogP contribution in [0.3, 0.4) is 0 Å². The van der Waals surface area contributed by atoms with Crippen LogP contribution < -0.4 is 5.73 Å². The molecule has 4 nitrogen and oxygen atoms in total. The summed E-state index contributed by atoms with van der Waals surface area (Å²) in [7, 11) is 0. The van der Waals surface area contributed by atoms with Gasteiger partial charge in [-0.25, -0.2) is 4.68 Å². The number of fused-ring (bicyclic) bond motifs is 1. The van der Waals surface area contributed by atoms with E-state index in [-0.39, 0.29) is 0 Å². The Hall–Kier alpha value is -2.36. The van der Waals surface area contributed by atoms with E-state index in [0.717, 1.165) is 16.6 Å². The molecule has 0 atom stereocenters. The molecule has 2 N–H and O–H groups in total. The first kappa shape index (κ1) is 8.91. The van der Waals surface area contributed by atoms with Gasteiger partial charge in [-0.1, -0.05) is 6.07 Å². The third kappa shape index (κ3) is 1.32. The zero-order valence-corrected chi connectivity index (χ0v) is 8.54. The molecule has 4 heteroatoms. The number of rotatable bonds is 1. The molecule has 1 aromatic carbocycles. The van der Waals surface area contributed by atoms with E-state index < -0.39 is 0 Å². The Morgan fingerprint density at radius 2 is 2.00 bits per heavy atom. The Morgan fingerprint density at radius 1 is 1.06 bits per heavy atom. The van der Waals surface area contributed by atoms with E-state index in [9.17, 15) is 0 Å². The van der Waals surface area contributed by atoms with E-state index in [1.807, 2.05) is 36.5 Å². The first-order chi connectivity index (χ1) is 7.84. The smallest absolute Gasteiger partial charge is 0.145 e. The molecule has 78 valence electrons. The molecular weight excluding hydrogens is 200 g/mol. The normalized spacial score (nSPS) is 10.8. The Balaban J connectivity index is 2.31. The van der Waals surface area contributed by atoms with Gasteiger partial charge in [0, 0.05) is 23.8 Å². The summed E-state index contributed by atoms with van der Waals surface area (Å²) in [6.45, 7) is 0. The summed E-state index contributed by atoms with van der Waals surface area (Å²) in [5, 5.41) is 5.26. The lowest BCUT2D eigenvalue weighted by Crippen LogP contribution is -1.97. The average molecular weight is 210 g/mol. The maximum Gasteiger partial charge on any atom is 0.145 e. The third-order valence-electron chi connectivity index (χ3n) is 2.48. The highest BCUT2D eigenvalue weighted by molar-refractivity contribution is 5.86. The molecule has 0 aliphatic carbocycles. The van der Waals surface area contributed by atoms with Crippen molar-refractivity contribution in [2.75, 3.05) is 5.73 Å². The molecule has 0 saturated heterocycles. The number of hydrogen-bond donors (Lipinski definition) is 1. The summed E-state index contributed by atoms with van der Waals surface area (Å²) < 4.78 is 1.76. The topological polar surface area (TPSA) is 56.7 Å². The van der Waals surface area contributed by atoms with Crippen molar-refractivity contribution >= 4 is 16.7 Å². The fourth-order valence-electron chi connectivity index (χ4n) is 1.76. The van der Waals surface area contributed by atoms with E-state index in [1.165, 1.54) is 0 Å². The van der Waals surface area contributed by atoms with Gasteiger partial charge in [-0.2, -0.15) is 5.10 Å². The SMILES string of the molecule is Nc1ccn(-c2cccc3ncccc23)n1. The average Bonchev–Trinajstić information content (AvgIpc) is 2.75. The van der Waals surface area contributed by atoms with E-state index in [2.05, 4.69) is 10.1 Å². The van der Waals surface area contributed by atoms with Gasteiger partial charge in [0.1, 0.15) is 5.82 Å². The molecule has 16 heavy (non-hydrogen) atoms. The molecule has 0 aliphatic heterocycles. The molecular formula is C12H10N4. The molecule has 0 fully saturated rings. The molecule has 0 saturated carbocycles. The first-order valence-corrected chi connectivity index (χ1v) is 5.00. The molecule has 0 amide bonds. The molecule has 2 heterocycles. The maximum atomic E-state index is 5.61. The number of nitrogen functional groups attached to an aromatic ring is 1. The van der Waals surface area contributed by atoms with Gasteiger partial charge in [-0.3, -0.25) is 4.98 Å². The van der Waals surface area contributed by atoms with Crippen molar-refractivity contribution < 1.29 is 0 Å². The Bertz CT molecular complexity index is 637. The second-order valence-corrected chi connectivity index (χ2v) is 3.53. The highest BCUT2D eigenvalue weighted by Crippen LogP contribution is 2.20. The van der Waals surface area contributed by atoms with Crippen molar-refractivity contribution in [3.05, 3.63) is 48.8 Å². The minimum atomic E-state index is 0.515. The molecule has 0 spiro atoms. The van der Waals surface area contributed by atoms with Gasteiger partial charge < -0.3 is 5.73 Å². The van der Waals surface area contributed by atoms with Gasteiger partial charge in [0.15, 0.2) is 0 Å². The number of nitrogens with zero attached hydrogens (tertiary/aromatic N) is 3. The van der Waals surface area contributed by atoms with Crippen molar-refractivity contribution in [3.63, 3.8) is 0 Å². The van der Waals surface area contributed by atoms with Crippen molar-refractivity contribution in [1.82, 2.24) is 14.8 Å². The predicted molar refractivity (Wildman–Crippen MR) is 63.3 cm³/mol. The lowest BCUT2D eigenvalue weighted by atomic mass is 10.2. The lowest BCUT2D eigenvalue weighted by molar-refractivity contribution is 0.893. The van der Waals surface area contributed by atoms with Crippen LogP contribution in [0.2, 0.25) is 0 Å². The molecule has 0 aliphatic rings. The maximum absolute atomic E-state index is 5.61. The standard InChI is InChI=1S/C12H10N4/c13-12-6-8-16(15-12)11-5-1-4-10-9(11)3-2-7-14-10/h1-8H,(H2,13,15). The zero-order chi connectivity index (χ0) is 11.0. The summed E-state index contributed by atoms with van der Waals surface area (Å²) in [6.07, 6.45) is 3.63. The Labute approximate surface area is 92.3 Å². The van der Waals surface area contributed by atoms with Crippen LogP contribution in [0, 0.1) is 0 Å². The summed E-state index contributed by atoms with van der Waals surface area (Å²) in [5.41, 5.74) is 7.55. The van der Waals surface area contributed by atoms with Crippen LogP contribution in [0.5, 0.6) is 0 Å². The van der Waals surface area contributed by atoms with Crippen LogP contribution in [-0.2, 0) is 0 Å². The van der Waals surface area contributed by atoms with Gasteiger partial charge in [0.2, 0.25) is 0 Å². The highest BCUT2D eigenvalue weighted by Gasteiger charge is 2.03. The second-order valence-electron chi connectivity index (χ2n) is 3.53. The largest absolute Gasteiger partial charge is 0.382 e. The van der Waals surface area contributed by atoms with Gasteiger partial charge in [-0.15, -0.1) is 0 Å². The van der Waals surface area contributed by atoms with E-state index in [4.69, 9.17) is 5.73 Å². The lowest BCUT2D eigenvalue weighted by Gasteiger charge is -2.05. The van der Waals surface area contributed by atoms with Crippen LogP contribution in [0.25, 0.3) is 16.6 Å². The highest BCUT2D eigenvalue weighted by atomic mass is 15.3. The van der Waals surface area contributed by atoms with Gasteiger partial charge >= 0.3 is 0 Å². The number of benzene rings is 1. The number of nitrogens with two attached hydrogens (primary N) is 1. The van der Waals surface area contributed by atoms with Crippen molar-refractivity contribution in [3.8, 4) is 5.69 Å². The summed E-state index contributed by atoms with van der Waals surface area (Å²) in [5.74, 6) is 0.515. The van der Waals surface area contributed by atoms with Crippen LogP contribution in [-0.4, -0.2) is 14.8 Å². The Morgan fingerprint density at radius 3 is 2.81 bits per heavy atom. The molecule has 3 rings (SSSR count). The fourth-order valence-corrected chi connectivity index (χ4v) is 1.76. The van der Waals surface area contributed by atoms with E-state index >= 15 is 0 Å². The quantitative estimate of drug-likeness (QED) is 0.668. The summed E-state index contributed by atoms with van der Waals surface area (Å²) >= 11 is 0. The number of hydrogen-bond acceptors (Lipinski definition) is 3. The molecule has 0 unspecified atom stereocenters. The van der Waals surface area contributed by atoms with Crippen molar-refractivity contribution in [2.45, 2.75) is 0 Å². The fraction of sp³-hybridized carbons (Fsp3) is 0. The van der Waals surface area contributed by atoms with Gasteiger partial charge in [0.05, 0.1) is 11.2 Å². The van der Waals surface area contributed by atoms with Gasteiger partial charge in [0.25, 0.3) is 0 Å². The molecule has 2 aromatic heterocycles. The monoisotopic (exact) mass is 210 g/mol. The summed E-state index contributed by atoms with van der Waals surface area (Å²) in [6, 6.07) is 11.6. The predicted octanol–water partition coefficient (Wildman–Crippen LogP) is 2.00. The minimum Gasteiger partial charge on any atom is -0.382 e. The first-order valence-electron chi connectivity index (χ1n) is 5.00.